The van der Waals surface area contributed by atoms with Gasteiger partial charge in [-0.3, -0.25) is 0 Å². The zero-order valence-electron chi connectivity index (χ0n) is 10.6. The van der Waals surface area contributed by atoms with E-state index < -0.39 is 6.10 Å². The Hall–Kier alpha value is -1.26. The third-order valence-corrected chi connectivity index (χ3v) is 2.17. The van der Waals surface area contributed by atoms with Gasteiger partial charge >= 0.3 is 0 Å². The van der Waals surface area contributed by atoms with Crippen molar-refractivity contribution in [1.29, 1.82) is 0 Å². The summed E-state index contributed by atoms with van der Waals surface area (Å²) in [7, 11) is 1.63. The fourth-order valence-electron chi connectivity index (χ4n) is 1.24. The number of hydrogen-bond acceptors (Lipinski definition) is 4. The summed E-state index contributed by atoms with van der Waals surface area (Å²) in [5, 5.41) is 9.06. The molecule has 0 radical (unpaired) electrons. The van der Waals surface area contributed by atoms with E-state index in [1.165, 1.54) is 0 Å². The van der Waals surface area contributed by atoms with Gasteiger partial charge in [0, 0.05) is 0 Å². The molecule has 4 nitrogen and oxygen atoms in total. The Kier molecular flexibility index (Phi) is 5.80. The largest absolute Gasteiger partial charge is 0.497 e. The van der Waals surface area contributed by atoms with Crippen LogP contribution in [0.4, 0.5) is 0 Å². The normalized spacial score (nSPS) is 14.1. The van der Waals surface area contributed by atoms with Gasteiger partial charge in [0.2, 0.25) is 0 Å². The minimum Gasteiger partial charge on any atom is -0.497 e. The number of benzene rings is 1. The fourth-order valence-corrected chi connectivity index (χ4v) is 1.24. The van der Waals surface area contributed by atoms with Crippen molar-refractivity contribution < 1.29 is 19.3 Å². The molecule has 2 unspecified atom stereocenters. The van der Waals surface area contributed by atoms with Crippen molar-refractivity contribution in [2.75, 3.05) is 20.3 Å². The lowest BCUT2D eigenvalue weighted by Crippen LogP contribution is -2.22. The lowest BCUT2D eigenvalue weighted by molar-refractivity contribution is -0.0132. The molecule has 0 bridgehead atoms. The molecular formula is C13H20O4. The van der Waals surface area contributed by atoms with Crippen LogP contribution in [0.15, 0.2) is 24.3 Å². The molecule has 0 aromatic heterocycles. The first-order chi connectivity index (χ1) is 8.11. The van der Waals surface area contributed by atoms with E-state index in [9.17, 15) is 0 Å². The molecule has 1 aromatic rings. The molecule has 0 aliphatic rings. The molecule has 2 atom stereocenters. The van der Waals surface area contributed by atoms with Gasteiger partial charge in [0.25, 0.3) is 0 Å². The lowest BCUT2D eigenvalue weighted by atomic mass is 10.3. The highest BCUT2D eigenvalue weighted by molar-refractivity contribution is 5.31. The van der Waals surface area contributed by atoms with E-state index in [-0.39, 0.29) is 6.10 Å². The third-order valence-electron chi connectivity index (χ3n) is 2.17. The molecule has 96 valence electrons. The second kappa shape index (κ2) is 7.14. The summed E-state index contributed by atoms with van der Waals surface area (Å²) in [4.78, 5) is 0. The Morgan fingerprint density at radius 2 is 1.65 bits per heavy atom. The van der Waals surface area contributed by atoms with Gasteiger partial charge in [0.05, 0.1) is 25.9 Å². The number of hydrogen-bond donors (Lipinski definition) is 1. The van der Waals surface area contributed by atoms with Gasteiger partial charge in [-0.05, 0) is 38.1 Å². The van der Waals surface area contributed by atoms with E-state index >= 15 is 0 Å². The summed E-state index contributed by atoms with van der Waals surface area (Å²) in [6, 6.07) is 7.38. The highest BCUT2D eigenvalue weighted by Crippen LogP contribution is 2.17. The van der Waals surface area contributed by atoms with Crippen molar-refractivity contribution in [2.24, 2.45) is 0 Å². The molecule has 0 heterocycles. The second-order valence-electron chi connectivity index (χ2n) is 3.98. The van der Waals surface area contributed by atoms with E-state index in [0.717, 1.165) is 11.5 Å². The Morgan fingerprint density at radius 1 is 1.06 bits per heavy atom. The maximum absolute atomic E-state index is 9.06. The van der Waals surface area contributed by atoms with Gasteiger partial charge in [-0.2, -0.15) is 0 Å². The topological polar surface area (TPSA) is 47.9 Å². The van der Waals surface area contributed by atoms with Crippen LogP contribution in [0.1, 0.15) is 13.8 Å². The smallest absolute Gasteiger partial charge is 0.119 e. The first-order valence-electron chi connectivity index (χ1n) is 5.68. The Morgan fingerprint density at radius 3 is 2.18 bits per heavy atom. The molecule has 0 amide bonds. The molecule has 0 saturated carbocycles. The van der Waals surface area contributed by atoms with E-state index in [4.69, 9.17) is 19.3 Å². The van der Waals surface area contributed by atoms with E-state index in [1.54, 1.807) is 14.0 Å². The van der Waals surface area contributed by atoms with Gasteiger partial charge in [0.1, 0.15) is 18.1 Å². The second-order valence-corrected chi connectivity index (χ2v) is 3.98. The van der Waals surface area contributed by atoms with Crippen molar-refractivity contribution in [3.05, 3.63) is 24.3 Å². The molecule has 0 aliphatic carbocycles. The zero-order chi connectivity index (χ0) is 12.7. The maximum Gasteiger partial charge on any atom is 0.119 e. The molecule has 1 rings (SSSR count). The molecule has 1 N–H and O–H groups in total. The van der Waals surface area contributed by atoms with Crippen LogP contribution in [0.3, 0.4) is 0 Å². The predicted octanol–water partition coefficient (Wildman–Crippen LogP) is 1.86. The SMILES string of the molecule is COc1ccc(OCC(C)OCC(C)O)cc1. The van der Waals surface area contributed by atoms with Crippen LogP contribution in [0, 0.1) is 0 Å². The molecule has 0 fully saturated rings. The molecule has 0 spiro atoms. The lowest BCUT2D eigenvalue weighted by Gasteiger charge is -2.15. The maximum atomic E-state index is 9.06. The molecular weight excluding hydrogens is 220 g/mol. The van der Waals surface area contributed by atoms with Crippen LogP contribution in [0.5, 0.6) is 11.5 Å². The number of aliphatic hydroxyl groups excluding tert-OH is 1. The monoisotopic (exact) mass is 240 g/mol. The molecule has 0 aliphatic heterocycles. The molecule has 17 heavy (non-hydrogen) atoms. The van der Waals surface area contributed by atoms with Crippen molar-refractivity contribution in [3.8, 4) is 11.5 Å². The summed E-state index contributed by atoms with van der Waals surface area (Å²) >= 11 is 0. The van der Waals surface area contributed by atoms with Crippen molar-refractivity contribution in [2.45, 2.75) is 26.1 Å². The number of methoxy groups -OCH3 is 1. The van der Waals surface area contributed by atoms with Crippen LogP contribution >= 0.6 is 0 Å². The van der Waals surface area contributed by atoms with Crippen molar-refractivity contribution in [1.82, 2.24) is 0 Å². The van der Waals surface area contributed by atoms with Gasteiger partial charge in [-0.15, -0.1) is 0 Å². The quantitative estimate of drug-likeness (QED) is 0.790. The van der Waals surface area contributed by atoms with Gasteiger partial charge in [-0.25, -0.2) is 0 Å². The molecule has 0 saturated heterocycles. The summed E-state index contributed by atoms with van der Waals surface area (Å²) in [5.74, 6) is 1.58. The van der Waals surface area contributed by atoms with Gasteiger partial charge < -0.3 is 19.3 Å². The number of aliphatic hydroxyl groups is 1. The summed E-state index contributed by atoms with van der Waals surface area (Å²) in [6.07, 6.45) is -0.495. The van der Waals surface area contributed by atoms with E-state index in [2.05, 4.69) is 0 Å². The average molecular weight is 240 g/mol. The fraction of sp³-hybridized carbons (Fsp3) is 0.538. The zero-order valence-corrected chi connectivity index (χ0v) is 10.6. The first-order valence-corrected chi connectivity index (χ1v) is 5.68. The highest BCUT2D eigenvalue weighted by atomic mass is 16.5. The van der Waals surface area contributed by atoms with E-state index in [0.29, 0.717) is 13.2 Å². The number of rotatable bonds is 7. The highest BCUT2D eigenvalue weighted by Gasteiger charge is 2.05. The van der Waals surface area contributed by atoms with Crippen LogP contribution < -0.4 is 9.47 Å². The standard InChI is InChI=1S/C13H20O4/c1-10(14)8-16-11(2)9-17-13-6-4-12(15-3)5-7-13/h4-7,10-11,14H,8-9H2,1-3H3. The van der Waals surface area contributed by atoms with E-state index in [1.807, 2.05) is 31.2 Å². The summed E-state index contributed by atoms with van der Waals surface area (Å²) in [5.41, 5.74) is 0. The number of ether oxygens (including phenoxy) is 3. The summed E-state index contributed by atoms with van der Waals surface area (Å²) < 4.78 is 16.0. The van der Waals surface area contributed by atoms with Crippen LogP contribution in [0.2, 0.25) is 0 Å². The van der Waals surface area contributed by atoms with Crippen molar-refractivity contribution in [3.63, 3.8) is 0 Å². The Balaban J connectivity index is 2.29. The van der Waals surface area contributed by atoms with Gasteiger partial charge in [-0.1, -0.05) is 0 Å². The van der Waals surface area contributed by atoms with Crippen LogP contribution in [0.25, 0.3) is 0 Å². The first kappa shape index (κ1) is 13.8. The van der Waals surface area contributed by atoms with Crippen LogP contribution in [-0.2, 0) is 4.74 Å². The Bertz CT molecular complexity index is 308. The van der Waals surface area contributed by atoms with Gasteiger partial charge in [0.15, 0.2) is 0 Å². The van der Waals surface area contributed by atoms with Crippen molar-refractivity contribution >= 4 is 0 Å². The minimum atomic E-state index is -0.446. The Labute approximate surface area is 102 Å². The van der Waals surface area contributed by atoms with Crippen LogP contribution in [-0.4, -0.2) is 37.6 Å². The third kappa shape index (κ3) is 5.56. The summed E-state index contributed by atoms with van der Waals surface area (Å²) in [6.45, 7) is 4.38. The molecule has 1 aromatic carbocycles. The predicted molar refractivity (Wildman–Crippen MR) is 65.6 cm³/mol. The molecule has 4 heteroatoms. The average Bonchev–Trinajstić information content (AvgIpc) is 2.34. The minimum absolute atomic E-state index is 0.0494.